The molecule has 0 fully saturated rings. The standard InChI is InChI=1S/C16H25NO3/c1-12(2)13(3)20-11-10-16(17-4,15(18)19)14-8-6-5-7-9-14/h5-9,12-13,17H,10-11H2,1-4H3,(H,18,19). The summed E-state index contributed by atoms with van der Waals surface area (Å²) in [5, 5.41) is 12.6. The molecule has 0 aliphatic carbocycles. The van der Waals surface area contributed by atoms with Gasteiger partial charge in [-0.3, -0.25) is 0 Å². The topological polar surface area (TPSA) is 58.6 Å². The van der Waals surface area contributed by atoms with Gasteiger partial charge in [-0.1, -0.05) is 44.2 Å². The van der Waals surface area contributed by atoms with Crippen LogP contribution in [-0.2, 0) is 15.1 Å². The molecule has 4 nitrogen and oxygen atoms in total. The summed E-state index contributed by atoms with van der Waals surface area (Å²) >= 11 is 0. The lowest BCUT2D eigenvalue weighted by Gasteiger charge is -2.30. The number of ether oxygens (including phenoxy) is 1. The highest BCUT2D eigenvalue weighted by atomic mass is 16.5. The van der Waals surface area contributed by atoms with Crippen molar-refractivity contribution < 1.29 is 14.6 Å². The smallest absolute Gasteiger partial charge is 0.328 e. The SMILES string of the molecule is CNC(CCOC(C)C(C)C)(C(=O)O)c1ccccc1. The third-order valence-electron chi connectivity index (χ3n) is 3.86. The molecule has 2 atom stereocenters. The Morgan fingerprint density at radius 1 is 1.30 bits per heavy atom. The first kappa shape index (κ1) is 16.7. The van der Waals surface area contributed by atoms with Crippen LogP contribution in [0.1, 0.15) is 32.8 Å². The van der Waals surface area contributed by atoms with Crippen molar-refractivity contribution in [1.82, 2.24) is 5.32 Å². The van der Waals surface area contributed by atoms with Gasteiger partial charge in [-0.15, -0.1) is 0 Å². The third kappa shape index (κ3) is 3.81. The molecule has 1 rings (SSSR count). The third-order valence-corrected chi connectivity index (χ3v) is 3.86. The second kappa shape index (κ2) is 7.41. The lowest BCUT2D eigenvalue weighted by molar-refractivity contribution is -0.146. The summed E-state index contributed by atoms with van der Waals surface area (Å²) in [7, 11) is 1.67. The van der Waals surface area contributed by atoms with Crippen LogP contribution < -0.4 is 5.32 Å². The number of aliphatic carboxylic acids is 1. The van der Waals surface area contributed by atoms with Crippen molar-refractivity contribution in [1.29, 1.82) is 0 Å². The number of rotatable bonds is 8. The summed E-state index contributed by atoms with van der Waals surface area (Å²) in [6, 6.07) is 9.24. The van der Waals surface area contributed by atoms with E-state index in [0.29, 0.717) is 18.9 Å². The van der Waals surface area contributed by atoms with Crippen molar-refractivity contribution in [3.05, 3.63) is 35.9 Å². The van der Waals surface area contributed by atoms with Crippen LogP contribution in [0.3, 0.4) is 0 Å². The maximum absolute atomic E-state index is 11.7. The van der Waals surface area contributed by atoms with E-state index in [9.17, 15) is 9.90 Å². The quantitative estimate of drug-likeness (QED) is 0.768. The Hall–Kier alpha value is -1.39. The highest BCUT2D eigenvalue weighted by molar-refractivity contribution is 5.80. The van der Waals surface area contributed by atoms with Gasteiger partial charge in [-0.05, 0) is 25.5 Å². The van der Waals surface area contributed by atoms with E-state index in [1.807, 2.05) is 37.3 Å². The van der Waals surface area contributed by atoms with Crippen molar-refractivity contribution in [2.24, 2.45) is 5.92 Å². The fourth-order valence-corrected chi connectivity index (χ4v) is 2.06. The van der Waals surface area contributed by atoms with E-state index in [-0.39, 0.29) is 6.10 Å². The molecule has 0 amide bonds. The van der Waals surface area contributed by atoms with Crippen LogP contribution in [0.25, 0.3) is 0 Å². The molecule has 112 valence electrons. The van der Waals surface area contributed by atoms with E-state index >= 15 is 0 Å². The predicted octanol–water partition coefficient (Wildman–Crippen LogP) is 2.64. The van der Waals surface area contributed by atoms with Gasteiger partial charge >= 0.3 is 5.97 Å². The van der Waals surface area contributed by atoms with Gasteiger partial charge in [0.25, 0.3) is 0 Å². The molecule has 4 heteroatoms. The van der Waals surface area contributed by atoms with Crippen LogP contribution in [0.4, 0.5) is 0 Å². The van der Waals surface area contributed by atoms with Gasteiger partial charge in [-0.25, -0.2) is 4.79 Å². The largest absolute Gasteiger partial charge is 0.480 e. The average molecular weight is 279 g/mol. The minimum Gasteiger partial charge on any atom is -0.480 e. The minimum absolute atomic E-state index is 0.120. The first-order valence-electron chi connectivity index (χ1n) is 7.03. The maximum Gasteiger partial charge on any atom is 0.328 e. The monoisotopic (exact) mass is 279 g/mol. The molecule has 0 saturated heterocycles. The van der Waals surface area contributed by atoms with Crippen LogP contribution in [0.15, 0.2) is 30.3 Å². The van der Waals surface area contributed by atoms with Gasteiger partial charge < -0.3 is 15.2 Å². The maximum atomic E-state index is 11.7. The second-order valence-electron chi connectivity index (χ2n) is 5.40. The van der Waals surface area contributed by atoms with Gasteiger partial charge in [0.15, 0.2) is 0 Å². The van der Waals surface area contributed by atoms with Crippen molar-refractivity contribution in [2.45, 2.75) is 38.8 Å². The number of nitrogens with one attached hydrogen (secondary N) is 1. The molecule has 0 aromatic heterocycles. The number of hydrogen-bond donors (Lipinski definition) is 2. The predicted molar refractivity (Wildman–Crippen MR) is 79.7 cm³/mol. The van der Waals surface area contributed by atoms with Crippen LogP contribution in [0.5, 0.6) is 0 Å². The zero-order valence-electron chi connectivity index (χ0n) is 12.7. The van der Waals surface area contributed by atoms with Gasteiger partial charge in [0.05, 0.1) is 6.10 Å². The Bertz CT molecular complexity index is 419. The van der Waals surface area contributed by atoms with E-state index in [1.165, 1.54) is 0 Å². The van der Waals surface area contributed by atoms with E-state index in [0.717, 1.165) is 5.56 Å². The molecule has 0 spiro atoms. The Kier molecular flexibility index (Phi) is 6.17. The van der Waals surface area contributed by atoms with E-state index < -0.39 is 11.5 Å². The Balaban J connectivity index is 2.83. The summed E-state index contributed by atoms with van der Waals surface area (Å²) in [4.78, 5) is 11.7. The molecule has 2 N–H and O–H groups in total. The molecule has 0 radical (unpaired) electrons. The average Bonchev–Trinajstić information content (AvgIpc) is 2.44. The minimum atomic E-state index is -1.10. The van der Waals surface area contributed by atoms with Crippen molar-refractivity contribution in [2.75, 3.05) is 13.7 Å². The molecule has 0 aliphatic rings. The van der Waals surface area contributed by atoms with Gasteiger partial charge in [-0.2, -0.15) is 0 Å². The summed E-state index contributed by atoms with van der Waals surface area (Å²) in [6.07, 6.45) is 0.508. The van der Waals surface area contributed by atoms with Gasteiger partial charge in [0, 0.05) is 13.0 Å². The first-order chi connectivity index (χ1) is 9.44. The molecular weight excluding hydrogens is 254 g/mol. The summed E-state index contributed by atoms with van der Waals surface area (Å²) in [5.74, 6) is -0.465. The number of carboxylic acid groups (broad SMARTS) is 1. The van der Waals surface area contributed by atoms with Gasteiger partial charge in [0.1, 0.15) is 5.54 Å². The summed E-state index contributed by atoms with van der Waals surface area (Å²) in [6.45, 7) is 6.59. The number of carboxylic acids is 1. The fraction of sp³-hybridized carbons (Fsp3) is 0.562. The summed E-state index contributed by atoms with van der Waals surface area (Å²) < 4.78 is 5.73. The molecule has 0 heterocycles. The fourth-order valence-electron chi connectivity index (χ4n) is 2.06. The Morgan fingerprint density at radius 2 is 1.90 bits per heavy atom. The molecule has 0 aliphatic heterocycles. The zero-order chi connectivity index (χ0) is 15.2. The van der Waals surface area contributed by atoms with Crippen LogP contribution in [0.2, 0.25) is 0 Å². The van der Waals surface area contributed by atoms with E-state index in [2.05, 4.69) is 19.2 Å². The lowest BCUT2D eigenvalue weighted by atomic mass is 9.87. The number of hydrogen-bond acceptors (Lipinski definition) is 3. The van der Waals surface area contributed by atoms with Crippen LogP contribution in [-0.4, -0.2) is 30.8 Å². The van der Waals surface area contributed by atoms with Crippen molar-refractivity contribution in [3.8, 4) is 0 Å². The van der Waals surface area contributed by atoms with Crippen LogP contribution >= 0.6 is 0 Å². The molecule has 1 aromatic rings. The normalized spacial score (nSPS) is 15.8. The molecule has 1 aromatic carbocycles. The molecular formula is C16H25NO3. The molecule has 0 saturated carbocycles. The lowest BCUT2D eigenvalue weighted by Crippen LogP contribution is -2.48. The Labute approximate surface area is 121 Å². The number of carbonyl (C=O) groups is 1. The highest BCUT2D eigenvalue weighted by Gasteiger charge is 2.38. The Morgan fingerprint density at radius 3 is 2.35 bits per heavy atom. The zero-order valence-corrected chi connectivity index (χ0v) is 12.7. The van der Waals surface area contributed by atoms with Gasteiger partial charge in [0.2, 0.25) is 0 Å². The summed E-state index contributed by atoms with van der Waals surface area (Å²) in [5.41, 5.74) is -0.353. The second-order valence-corrected chi connectivity index (χ2v) is 5.40. The van der Waals surface area contributed by atoms with Crippen LogP contribution in [0, 0.1) is 5.92 Å². The molecule has 2 unspecified atom stereocenters. The van der Waals surface area contributed by atoms with Crippen molar-refractivity contribution >= 4 is 5.97 Å². The number of likely N-dealkylation sites (N-methyl/N-ethyl adjacent to an activating group) is 1. The highest BCUT2D eigenvalue weighted by Crippen LogP contribution is 2.25. The molecule has 20 heavy (non-hydrogen) atoms. The van der Waals surface area contributed by atoms with E-state index in [1.54, 1.807) is 7.05 Å². The van der Waals surface area contributed by atoms with E-state index in [4.69, 9.17) is 4.74 Å². The van der Waals surface area contributed by atoms with Crippen molar-refractivity contribution in [3.63, 3.8) is 0 Å². The molecule has 0 bridgehead atoms. The number of benzene rings is 1. The first-order valence-corrected chi connectivity index (χ1v) is 7.03.